The maximum atomic E-state index is 13.8. The lowest BCUT2D eigenvalue weighted by Crippen LogP contribution is -2.42. The molecule has 1 heterocycles. The molecule has 30 heavy (non-hydrogen) atoms. The third-order valence-corrected chi connectivity index (χ3v) is 5.92. The van der Waals surface area contributed by atoms with Gasteiger partial charge in [0.25, 0.3) is 0 Å². The number of thiophene rings is 1. The summed E-state index contributed by atoms with van der Waals surface area (Å²) in [5.41, 5.74) is 1.59. The summed E-state index contributed by atoms with van der Waals surface area (Å²) in [6.07, 6.45) is 0.869. The average Bonchev–Trinajstić information content (AvgIpc) is 3.26. The summed E-state index contributed by atoms with van der Waals surface area (Å²) in [5.74, 6) is 0.378. The van der Waals surface area contributed by atoms with Crippen LogP contribution in [0.4, 0.5) is 4.39 Å². The van der Waals surface area contributed by atoms with Crippen LogP contribution in [-0.2, 0) is 24.3 Å². The summed E-state index contributed by atoms with van der Waals surface area (Å²) in [5, 5.41) is 4.92. The number of nitrogens with zero attached hydrogens (tertiary/aromatic N) is 1. The lowest BCUT2D eigenvalue weighted by molar-refractivity contribution is -0.123. The molecular weight excluding hydrogens is 399 g/mol. The van der Waals surface area contributed by atoms with E-state index < -0.39 is 0 Å². The molecule has 6 heteroatoms. The summed E-state index contributed by atoms with van der Waals surface area (Å²) in [6.45, 7) is 3.20. The molecule has 0 aliphatic heterocycles. The van der Waals surface area contributed by atoms with Crippen LogP contribution >= 0.6 is 11.3 Å². The number of amides is 1. The maximum absolute atomic E-state index is 13.8. The zero-order valence-corrected chi connectivity index (χ0v) is 18.1. The highest BCUT2D eigenvalue weighted by Crippen LogP contribution is 2.18. The van der Waals surface area contributed by atoms with Crippen molar-refractivity contribution in [2.45, 2.75) is 32.5 Å². The van der Waals surface area contributed by atoms with E-state index in [0.29, 0.717) is 12.1 Å². The van der Waals surface area contributed by atoms with Gasteiger partial charge in [-0.05, 0) is 48.6 Å². The zero-order chi connectivity index (χ0) is 21.3. The molecule has 0 spiro atoms. The molecule has 1 atom stereocenters. The van der Waals surface area contributed by atoms with Crippen LogP contribution < -0.4 is 10.1 Å². The number of ether oxygens (including phenoxy) is 1. The lowest BCUT2D eigenvalue weighted by Gasteiger charge is -2.28. The van der Waals surface area contributed by atoms with E-state index in [1.54, 1.807) is 36.6 Å². The molecular formula is C24H27FN2O2S. The molecule has 158 valence electrons. The first-order chi connectivity index (χ1) is 14.5. The molecule has 0 aliphatic rings. The van der Waals surface area contributed by atoms with Gasteiger partial charge in [0, 0.05) is 29.6 Å². The molecule has 0 saturated heterocycles. The predicted molar refractivity (Wildman–Crippen MR) is 119 cm³/mol. The summed E-state index contributed by atoms with van der Waals surface area (Å²) >= 11 is 1.72. The Hall–Kier alpha value is -2.70. The standard InChI is InChI=1S/C24H27FN2O2S/c1-18(14-22-7-5-13-30-22)27(16-19-9-11-21(29-2)12-10-19)17-24(28)26-15-20-6-3-4-8-23(20)25/h3-13,18H,14-17H2,1-2H3,(H,26,28). The highest BCUT2D eigenvalue weighted by atomic mass is 32.1. The number of carbonyl (C=O) groups excluding carboxylic acids is 1. The Balaban J connectivity index is 1.65. The minimum atomic E-state index is -0.307. The molecule has 0 bridgehead atoms. The molecule has 0 radical (unpaired) electrons. The van der Waals surface area contributed by atoms with Crippen molar-refractivity contribution in [2.24, 2.45) is 0 Å². The first kappa shape index (κ1) is 22.0. The summed E-state index contributed by atoms with van der Waals surface area (Å²) in [6, 6.07) is 18.7. The van der Waals surface area contributed by atoms with Crippen LogP contribution in [0.2, 0.25) is 0 Å². The van der Waals surface area contributed by atoms with Crippen LogP contribution in [0.25, 0.3) is 0 Å². The van der Waals surface area contributed by atoms with Gasteiger partial charge < -0.3 is 10.1 Å². The Morgan fingerprint density at radius 3 is 2.57 bits per heavy atom. The SMILES string of the molecule is COc1ccc(CN(CC(=O)NCc2ccccc2F)C(C)Cc2cccs2)cc1. The van der Waals surface area contributed by atoms with Crippen molar-refractivity contribution in [3.8, 4) is 5.75 Å². The second kappa shape index (κ2) is 10.9. The summed E-state index contributed by atoms with van der Waals surface area (Å²) < 4.78 is 19.1. The molecule has 1 aromatic heterocycles. The second-order valence-corrected chi connectivity index (χ2v) is 8.29. The van der Waals surface area contributed by atoms with Crippen molar-refractivity contribution in [3.05, 3.63) is 87.9 Å². The molecule has 3 rings (SSSR count). The maximum Gasteiger partial charge on any atom is 0.234 e. The summed E-state index contributed by atoms with van der Waals surface area (Å²) in [7, 11) is 1.64. The Labute approximate surface area is 181 Å². The van der Waals surface area contributed by atoms with Gasteiger partial charge in [-0.25, -0.2) is 4.39 Å². The Bertz CT molecular complexity index is 929. The second-order valence-electron chi connectivity index (χ2n) is 7.25. The molecule has 4 nitrogen and oxygen atoms in total. The van der Waals surface area contributed by atoms with E-state index >= 15 is 0 Å². The van der Waals surface area contributed by atoms with Crippen LogP contribution in [-0.4, -0.2) is 30.5 Å². The Morgan fingerprint density at radius 2 is 1.90 bits per heavy atom. The number of hydrogen-bond donors (Lipinski definition) is 1. The van der Waals surface area contributed by atoms with E-state index in [1.807, 2.05) is 30.3 Å². The van der Waals surface area contributed by atoms with Gasteiger partial charge in [0.2, 0.25) is 5.91 Å². The molecule has 1 amide bonds. The quantitative estimate of drug-likeness (QED) is 0.513. The van der Waals surface area contributed by atoms with Crippen LogP contribution in [0.5, 0.6) is 5.75 Å². The summed E-state index contributed by atoms with van der Waals surface area (Å²) in [4.78, 5) is 16.1. The minimum absolute atomic E-state index is 0.121. The molecule has 0 fully saturated rings. The van der Waals surface area contributed by atoms with Crippen molar-refractivity contribution in [1.29, 1.82) is 0 Å². The Kier molecular flexibility index (Phi) is 7.99. The molecule has 0 saturated carbocycles. The van der Waals surface area contributed by atoms with Gasteiger partial charge in [-0.3, -0.25) is 9.69 Å². The molecule has 2 aromatic carbocycles. The monoisotopic (exact) mass is 426 g/mol. The smallest absolute Gasteiger partial charge is 0.234 e. The number of rotatable bonds is 10. The molecule has 1 N–H and O–H groups in total. The number of carbonyl (C=O) groups is 1. The number of benzene rings is 2. The van der Waals surface area contributed by atoms with Gasteiger partial charge in [-0.15, -0.1) is 11.3 Å². The third kappa shape index (κ3) is 6.40. The van der Waals surface area contributed by atoms with Crippen LogP contribution in [0, 0.1) is 5.82 Å². The van der Waals surface area contributed by atoms with E-state index in [9.17, 15) is 9.18 Å². The van der Waals surface area contributed by atoms with Crippen molar-refractivity contribution in [2.75, 3.05) is 13.7 Å². The molecule has 1 unspecified atom stereocenters. The van der Waals surface area contributed by atoms with Crippen LogP contribution in [0.1, 0.15) is 22.9 Å². The normalized spacial score (nSPS) is 12.0. The number of halogens is 1. The first-order valence-electron chi connectivity index (χ1n) is 9.94. The van der Waals surface area contributed by atoms with Crippen molar-refractivity contribution in [3.63, 3.8) is 0 Å². The van der Waals surface area contributed by atoms with Gasteiger partial charge in [0.1, 0.15) is 11.6 Å². The molecule has 0 aliphatic carbocycles. The van der Waals surface area contributed by atoms with E-state index in [0.717, 1.165) is 17.7 Å². The fraction of sp³-hybridized carbons (Fsp3) is 0.292. The average molecular weight is 427 g/mol. The highest BCUT2D eigenvalue weighted by molar-refractivity contribution is 7.09. The van der Waals surface area contributed by atoms with E-state index in [2.05, 4.69) is 28.6 Å². The van der Waals surface area contributed by atoms with Gasteiger partial charge in [0.15, 0.2) is 0 Å². The fourth-order valence-electron chi connectivity index (χ4n) is 3.26. The third-order valence-electron chi connectivity index (χ3n) is 5.03. The van der Waals surface area contributed by atoms with Gasteiger partial charge in [-0.2, -0.15) is 0 Å². The topological polar surface area (TPSA) is 41.6 Å². The van der Waals surface area contributed by atoms with E-state index in [1.165, 1.54) is 10.9 Å². The number of methoxy groups -OCH3 is 1. The lowest BCUT2D eigenvalue weighted by atomic mass is 10.1. The number of nitrogens with one attached hydrogen (secondary N) is 1. The van der Waals surface area contributed by atoms with E-state index in [-0.39, 0.29) is 30.9 Å². The first-order valence-corrected chi connectivity index (χ1v) is 10.8. The van der Waals surface area contributed by atoms with Crippen molar-refractivity contribution >= 4 is 17.2 Å². The fourth-order valence-corrected chi connectivity index (χ4v) is 4.08. The van der Waals surface area contributed by atoms with Crippen molar-refractivity contribution < 1.29 is 13.9 Å². The Morgan fingerprint density at radius 1 is 1.13 bits per heavy atom. The number of hydrogen-bond acceptors (Lipinski definition) is 4. The van der Waals surface area contributed by atoms with Crippen molar-refractivity contribution in [1.82, 2.24) is 10.2 Å². The largest absolute Gasteiger partial charge is 0.497 e. The van der Waals surface area contributed by atoms with Gasteiger partial charge in [-0.1, -0.05) is 36.4 Å². The molecule has 3 aromatic rings. The zero-order valence-electron chi connectivity index (χ0n) is 17.3. The van der Waals surface area contributed by atoms with E-state index in [4.69, 9.17) is 4.74 Å². The minimum Gasteiger partial charge on any atom is -0.497 e. The van der Waals surface area contributed by atoms with Gasteiger partial charge in [0.05, 0.1) is 13.7 Å². The highest BCUT2D eigenvalue weighted by Gasteiger charge is 2.19. The van der Waals surface area contributed by atoms with Crippen LogP contribution in [0.3, 0.4) is 0 Å². The van der Waals surface area contributed by atoms with Gasteiger partial charge >= 0.3 is 0 Å². The van der Waals surface area contributed by atoms with Crippen LogP contribution in [0.15, 0.2) is 66.0 Å². The predicted octanol–water partition coefficient (Wildman–Crippen LogP) is 4.65.